The van der Waals surface area contributed by atoms with Crippen molar-refractivity contribution >= 4 is 28.1 Å². The van der Waals surface area contributed by atoms with Crippen molar-refractivity contribution in [3.8, 4) is 0 Å². The fourth-order valence-electron chi connectivity index (χ4n) is 3.93. The number of nitrogens with two attached hydrogens (primary N) is 1. The predicted octanol–water partition coefficient (Wildman–Crippen LogP) is 2.94. The first-order valence-electron chi connectivity index (χ1n) is 9.45. The quantitative estimate of drug-likeness (QED) is 0.691. The molecule has 0 spiro atoms. The molecule has 4 rings (SSSR count). The number of quaternary nitrogens is 1. The van der Waals surface area contributed by atoms with Gasteiger partial charge in [-0.25, -0.2) is 0 Å². The highest BCUT2D eigenvalue weighted by atomic mass is 32.1. The normalized spacial score (nSPS) is 16.9. The van der Waals surface area contributed by atoms with Gasteiger partial charge < -0.3 is 15.2 Å². The SMILES string of the molecule is C[C@H]([NH2+]C[C@H](c1cccs1)c1c[nH]c2ccccc12)C(=O)N1CCCC1. The van der Waals surface area contributed by atoms with E-state index in [0.29, 0.717) is 5.92 Å². The van der Waals surface area contributed by atoms with Crippen LogP contribution in [0.2, 0.25) is 0 Å². The van der Waals surface area contributed by atoms with Gasteiger partial charge in [-0.3, -0.25) is 4.79 Å². The molecule has 0 unspecified atom stereocenters. The lowest BCUT2D eigenvalue weighted by Gasteiger charge is -2.21. The molecule has 0 aliphatic carbocycles. The summed E-state index contributed by atoms with van der Waals surface area (Å²) in [4.78, 5) is 19.4. The number of fused-ring (bicyclic) bond motifs is 1. The van der Waals surface area contributed by atoms with Crippen LogP contribution >= 0.6 is 11.3 Å². The molecule has 5 heteroatoms. The van der Waals surface area contributed by atoms with Gasteiger partial charge in [0.1, 0.15) is 0 Å². The van der Waals surface area contributed by atoms with E-state index < -0.39 is 0 Å². The molecule has 3 aromatic rings. The van der Waals surface area contributed by atoms with Crippen LogP contribution < -0.4 is 5.32 Å². The van der Waals surface area contributed by atoms with Gasteiger partial charge >= 0.3 is 0 Å². The van der Waals surface area contributed by atoms with Gasteiger partial charge in [0.2, 0.25) is 0 Å². The van der Waals surface area contributed by atoms with Gasteiger partial charge in [-0.15, -0.1) is 11.3 Å². The number of thiophene rings is 1. The highest BCUT2D eigenvalue weighted by Gasteiger charge is 2.28. The third kappa shape index (κ3) is 3.41. The van der Waals surface area contributed by atoms with Crippen molar-refractivity contribution in [2.24, 2.45) is 0 Å². The molecule has 1 aliphatic heterocycles. The maximum Gasteiger partial charge on any atom is 0.280 e. The monoisotopic (exact) mass is 368 g/mol. The van der Waals surface area contributed by atoms with Crippen molar-refractivity contribution in [3.05, 3.63) is 58.4 Å². The Kier molecular flexibility index (Phi) is 5.09. The average Bonchev–Trinajstić information content (AvgIpc) is 3.42. The predicted molar refractivity (Wildman–Crippen MR) is 107 cm³/mol. The zero-order valence-electron chi connectivity index (χ0n) is 15.2. The van der Waals surface area contributed by atoms with Crippen LogP contribution in [0.15, 0.2) is 48.0 Å². The maximum absolute atomic E-state index is 12.6. The van der Waals surface area contributed by atoms with Gasteiger partial charge in [0, 0.05) is 35.1 Å². The first-order chi connectivity index (χ1) is 12.7. The summed E-state index contributed by atoms with van der Waals surface area (Å²) < 4.78 is 0. The largest absolute Gasteiger partial charge is 0.361 e. The van der Waals surface area contributed by atoms with Crippen molar-refractivity contribution in [2.75, 3.05) is 19.6 Å². The number of rotatable bonds is 6. The molecule has 26 heavy (non-hydrogen) atoms. The van der Waals surface area contributed by atoms with Crippen molar-refractivity contribution in [1.29, 1.82) is 0 Å². The molecule has 136 valence electrons. The fourth-order valence-corrected chi connectivity index (χ4v) is 4.79. The molecule has 2 atom stereocenters. The van der Waals surface area contributed by atoms with E-state index in [1.54, 1.807) is 11.3 Å². The van der Waals surface area contributed by atoms with E-state index in [1.807, 2.05) is 11.8 Å². The number of nitrogens with zero attached hydrogens (tertiary/aromatic N) is 1. The van der Waals surface area contributed by atoms with Gasteiger partial charge in [-0.05, 0) is 42.8 Å². The van der Waals surface area contributed by atoms with Crippen LogP contribution in [-0.2, 0) is 4.79 Å². The van der Waals surface area contributed by atoms with Crippen LogP contribution in [0, 0.1) is 0 Å². The molecule has 1 amide bonds. The van der Waals surface area contributed by atoms with Crippen molar-refractivity contribution in [1.82, 2.24) is 9.88 Å². The Hall–Kier alpha value is -2.11. The summed E-state index contributed by atoms with van der Waals surface area (Å²) in [5.41, 5.74) is 2.49. The Morgan fingerprint density at radius 3 is 2.81 bits per heavy atom. The number of aromatic nitrogens is 1. The number of carbonyl (C=O) groups is 1. The Morgan fingerprint density at radius 1 is 1.23 bits per heavy atom. The summed E-state index contributed by atoms with van der Waals surface area (Å²) >= 11 is 1.79. The van der Waals surface area contributed by atoms with E-state index in [2.05, 4.69) is 58.3 Å². The maximum atomic E-state index is 12.6. The van der Waals surface area contributed by atoms with E-state index in [0.717, 1.165) is 32.5 Å². The zero-order chi connectivity index (χ0) is 17.9. The second-order valence-corrected chi connectivity index (χ2v) is 8.13. The Labute approximate surface area is 158 Å². The third-order valence-corrected chi connectivity index (χ3v) is 6.40. The van der Waals surface area contributed by atoms with Crippen LogP contribution in [0.4, 0.5) is 0 Å². The van der Waals surface area contributed by atoms with E-state index in [4.69, 9.17) is 0 Å². The summed E-state index contributed by atoms with van der Waals surface area (Å²) in [6, 6.07) is 12.7. The summed E-state index contributed by atoms with van der Waals surface area (Å²) in [5.74, 6) is 0.575. The molecule has 0 saturated carbocycles. The first kappa shape index (κ1) is 17.3. The number of hydrogen-bond donors (Lipinski definition) is 2. The Balaban J connectivity index is 1.54. The highest BCUT2D eigenvalue weighted by molar-refractivity contribution is 7.10. The number of aromatic amines is 1. The minimum Gasteiger partial charge on any atom is -0.361 e. The number of carbonyl (C=O) groups excluding carboxylic acids is 1. The minimum absolute atomic E-state index is 0.0271. The first-order valence-corrected chi connectivity index (χ1v) is 10.3. The van der Waals surface area contributed by atoms with Crippen LogP contribution in [-0.4, -0.2) is 41.5 Å². The second-order valence-electron chi connectivity index (χ2n) is 7.15. The molecular weight excluding hydrogens is 342 g/mol. The van der Waals surface area contributed by atoms with Crippen LogP contribution in [0.1, 0.15) is 36.1 Å². The number of likely N-dealkylation sites (tertiary alicyclic amines) is 1. The second kappa shape index (κ2) is 7.64. The molecule has 3 N–H and O–H groups in total. The van der Waals surface area contributed by atoms with Crippen molar-refractivity contribution in [2.45, 2.75) is 31.7 Å². The smallest absolute Gasteiger partial charge is 0.280 e. The van der Waals surface area contributed by atoms with E-state index >= 15 is 0 Å². The van der Waals surface area contributed by atoms with Crippen molar-refractivity contribution in [3.63, 3.8) is 0 Å². The lowest BCUT2D eigenvalue weighted by molar-refractivity contribution is -0.675. The highest BCUT2D eigenvalue weighted by Crippen LogP contribution is 2.32. The average molecular weight is 369 g/mol. The van der Waals surface area contributed by atoms with E-state index in [-0.39, 0.29) is 11.9 Å². The molecule has 0 bridgehead atoms. The summed E-state index contributed by atoms with van der Waals surface area (Å²) in [6.45, 7) is 4.77. The Morgan fingerprint density at radius 2 is 2.04 bits per heavy atom. The standard InChI is InChI=1S/C21H25N3OS/c1-15(21(25)24-10-4-5-11-24)22-14-18(20-9-6-12-26-20)17-13-23-19-8-3-2-7-16(17)19/h2-3,6-9,12-13,15,18,22-23H,4-5,10-11,14H2,1H3/p+1/t15-,18-/m0/s1. The molecule has 1 aromatic carbocycles. The summed E-state index contributed by atoms with van der Waals surface area (Å²) in [5, 5.41) is 5.63. The molecule has 2 aromatic heterocycles. The zero-order valence-corrected chi connectivity index (χ0v) is 16.0. The van der Waals surface area contributed by atoms with Crippen LogP contribution in [0.25, 0.3) is 10.9 Å². The minimum atomic E-state index is -0.0271. The van der Waals surface area contributed by atoms with Gasteiger partial charge in [0.25, 0.3) is 5.91 Å². The number of nitrogens with one attached hydrogen (secondary N) is 1. The molecule has 4 nitrogen and oxygen atoms in total. The van der Waals surface area contributed by atoms with Gasteiger partial charge in [0.05, 0.1) is 12.5 Å². The van der Waals surface area contributed by atoms with E-state index in [1.165, 1.54) is 21.3 Å². The fraction of sp³-hybridized carbons (Fsp3) is 0.381. The number of H-pyrrole nitrogens is 1. The molecule has 1 aliphatic rings. The van der Waals surface area contributed by atoms with Crippen LogP contribution in [0.5, 0.6) is 0 Å². The molecular formula is C21H26N3OS+. The van der Waals surface area contributed by atoms with Crippen LogP contribution in [0.3, 0.4) is 0 Å². The van der Waals surface area contributed by atoms with Gasteiger partial charge in [-0.1, -0.05) is 24.3 Å². The third-order valence-electron chi connectivity index (χ3n) is 5.42. The lowest BCUT2D eigenvalue weighted by Crippen LogP contribution is -2.92. The summed E-state index contributed by atoms with van der Waals surface area (Å²) in [6.07, 6.45) is 4.42. The number of hydrogen-bond acceptors (Lipinski definition) is 2. The number of benzene rings is 1. The van der Waals surface area contributed by atoms with Gasteiger partial charge in [0.15, 0.2) is 6.04 Å². The molecule has 3 heterocycles. The Bertz CT molecular complexity index is 864. The topological polar surface area (TPSA) is 52.7 Å². The molecule has 1 saturated heterocycles. The summed E-state index contributed by atoms with van der Waals surface area (Å²) in [7, 11) is 0. The molecule has 0 radical (unpaired) electrons. The number of para-hydroxylation sites is 1. The molecule has 1 fully saturated rings. The van der Waals surface area contributed by atoms with Crippen molar-refractivity contribution < 1.29 is 10.1 Å². The lowest BCUT2D eigenvalue weighted by atomic mass is 9.96. The van der Waals surface area contributed by atoms with E-state index in [9.17, 15) is 4.79 Å². The van der Waals surface area contributed by atoms with Gasteiger partial charge in [-0.2, -0.15) is 0 Å². The number of amides is 1.